The highest BCUT2D eigenvalue weighted by molar-refractivity contribution is 5.97. The summed E-state index contributed by atoms with van der Waals surface area (Å²) in [6, 6.07) is 8.28. The first kappa shape index (κ1) is 16.6. The molecule has 0 spiro atoms. The van der Waals surface area contributed by atoms with E-state index in [0.717, 1.165) is 43.5 Å². The number of benzene rings is 1. The van der Waals surface area contributed by atoms with Crippen LogP contribution in [0.25, 0.3) is 0 Å². The Balaban J connectivity index is 2.16. The van der Waals surface area contributed by atoms with E-state index in [2.05, 4.69) is 39.3 Å². The van der Waals surface area contributed by atoms with E-state index in [4.69, 9.17) is 9.47 Å². The number of nitrogens with zero attached hydrogens (tertiary/aromatic N) is 3. The van der Waals surface area contributed by atoms with Gasteiger partial charge in [0.15, 0.2) is 5.96 Å². The van der Waals surface area contributed by atoms with Crippen molar-refractivity contribution in [3.05, 3.63) is 24.3 Å². The van der Waals surface area contributed by atoms with Crippen LogP contribution in [0.15, 0.2) is 29.3 Å². The molecule has 1 N–H and O–H groups in total. The smallest absolute Gasteiger partial charge is 0.198 e. The zero-order valence-corrected chi connectivity index (χ0v) is 13.7. The summed E-state index contributed by atoms with van der Waals surface area (Å²) in [5.41, 5.74) is 2.20. The average molecular weight is 306 g/mol. The van der Waals surface area contributed by atoms with Crippen LogP contribution in [-0.2, 0) is 9.47 Å². The highest BCUT2D eigenvalue weighted by Gasteiger charge is 2.16. The predicted molar refractivity (Wildman–Crippen MR) is 91.0 cm³/mol. The van der Waals surface area contributed by atoms with Crippen molar-refractivity contribution in [3.8, 4) is 0 Å². The van der Waals surface area contributed by atoms with E-state index >= 15 is 0 Å². The summed E-state index contributed by atoms with van der Waals surface area (Å²) in [5.74, 6) is 0.922. The summed E-state index contributed by atoms with van der Waals surface area (Å²) in [4.78, 5) is 8.90. The first-order chi connectivity index (χ1) is 10.8. The van der Waals surface area contributed by atoms with Gasteiger partial charge in [0.2, 0.25) is 0 Å². The first-order valence-corrected chi connectivity index (χ1v) is 7.60. The molecule has 0 fully saturated rings. The summed E-state index contributed by atoms with van der Waals surface area (Å²) in [6.45, 7) is 4.80. The Bertz CT molecular complexity index is 485. The van der Waals surface area contributed by atoms with E-state index in [9.17, 15) is 0 Å². The van der Waals surface area contributed by atoms with Gasteiger partial charge in [-0.25, -0.2) is 0 Å². The minimum Gasteiger partial charge on any atom is -0.383 e. The number of hydrogen-bond acceptors (Lipinski definition) is 6. The van der Waals surface area contributed by atoms with E-state index in [-0.39, 0.29) is 0 Å². The van der Waals surface area contributed by atoms with Gasteiger partial charge < -0.3 is 24.6 Å². The van der Waals surface area contributed by atoms with Crippen LogP contribution in [0.3, 0.4) is 0 Å². The van der Waals surface area contributed by atoms with Crippen molar-refractivity contribution in [3.63, 3.8) is 0 Å². The Morgan fingerprint density at radius 2 is 1.86 bits per heavy atom. The van der Waals surface area contributed by atoms with E-state index in [1.54, 1.807) is 14.2 Å². The molecule has 2 rings (SSSR count). The molecule has 0 bridgehead atoms. The largest absolute Gasteiger partial charge is 0.383 e. The van der Waals surface area contributed by atoms with Gasteiger partial charge in [0.05, 0.1) is 31.1 Å². The fourth-order valence-electron chi connectivity index (χ4n) is 2.40. The summed E-state index contributed by atoms with van der Waals surface area (Å²) in [5, 5.41) is 3.45. The Morgan fingerprint density at radius 3 is 2.45 bits per heavy atom. The van der Waals surface area contributed by atoms with Crippen molar-refractivity contribution in [1.82, 2.24) is 4.90 Å². The Kier molecular flexibility index (Phi) is 6.48. The van der Waals surface area contributed by atoms with Gasteiger partial charge >= 0.3 is 0 Å². The third-order valence-electron chi connectivity index (χ3n) is 3.68. The fraction of sp³-hybridized carbons (Fsp3) is 0.562. The van der Waals surface area contributed by atoms with Crippen molar-refractivity contribution in [2.45, 2.75) is 0 Å². The molecule has 0 saturated carbocycles. The minimum absolute atomic E-state index is 0.679. The topological polar surface area (TPSA) is 49.3 Å². The van der Waals surface area contributed by atoms with E-state index in [1.165, 1.54) is 0 Å². The van der Waals surface area contributed by atoms with Crippen LogP contribution < -0.4 is 10.2 Å². The first-order valence-electron chi connectivity index (χ1n) is 7.60. The molecule has 0 radical (unpaired) electrons. The second kappa shape index (κ2) is 8.60. The number of anilines is 2. The van der Waals surface area contributed by atoms with Crippen LogP contribution in [0.5, 0.6) is 0 Å². The van der Waals surface area contributed by atoms with Crippen LogP contribution >= 0.6 is 0 Å². The van der Waals surface area contributed by atoms with Crippen molar-refractivity contribution in [2.75, 3.05) is 70.9 Å². The maximum Gasteiger partial charge on any atom is 0.198 e. The highest BCUT2D eigenvalue weighted by Crippen LogP contribution is 2.26. The number of methoxy groups -OCH3 is 2. The number of hydrogen-bond donors (Lipinski definition) is 1. The van der Waals surface area contributed by atoms with Gasteiger partial charge in [-0.1, -0.05) is 12.1 Å². The number of ether oxygens (including phenoxy) is 2. The lowest BCUT2D eigenvalue weighted by Crippen LogP contribution is -2.33. The molecule has 22 heavy (non-hydrogen) atoms. The Labute approximate surface area is 132 Å². The maximum absolute atomic E-state index is 5.23. The number of nitrogens with one attached hydrogen (secondary N) is 1. The second-order valence-corrected chi connectivity index (χ2v) is 5.24. The summed E-state index contributed by atoms with van der Waals surface area (Å²) in [6.07, 6.45) is 0. The number of para-hydroxylation sites is 2. The van der Waals surface area contributed by atoms with Crippen molar-refractivity contribution >= 4 is 17.3 Å². The minimum atomic E-state index is 0.679. The highest BCUT2D eigenvalue weighted by atomic mass is 16.5. The Hall–Kier alpha value is -1.79. The lowest BCUT2D eigenvalue weighted by atomic mass is 10.2. The van der Waals surface area contributed by atoms with Gasteiger partial charge in [-0.3, -0.25) is 4.99 Å². The summed E-state index contributed by atoms with van der Waals surface area (Å²) >= 11 is 0. The van der Waals surface area contributed by atoms with Gasteiger partial charge in [0.1, 0.15) is 0 Å². The standard InChI is InChI=1S/C16H26N4O2/c1-19-9-8-17-16(19)18-14-6-4-5-7-15(14)20(10-12-21-2)11-13-22-3/h4-7H,8-13H2,1-3H3,(H,17,18). The zero-order chi connectivity index (χ0) is 15.8. The van der Waals surface area contributed by atoms with Gasteiger partial charge in [-0.2, -0.15) is 0 Å². The molecule has 1 aliphatic heterocycles. The molecule has 1 aromatic carbocycles. The zero-order valence-electron chi connectivity index (χ0n) is 13.7. The van der Waals surface area contributed by atoms with E-state index < -0.39 is 0 Å². The number of rotatable bonds is 8. The quantitative estimate of drug-likeness (QED) is 0.789. The predicted octanol–water partition coefficient (Wildman–Crippen LogP) is 1.50. The molecule has 1 aromatic rings. The van der Waals surface area contributed by atoms with Crippen molar-refractivity contribution in [1.29, 1.82) is 0 Å². The van der Waals surface area contributed by atoms with E-state index in [0.29, 0.717) is 13.2 Å². The molecule has 0 amide bonds. The molecular weight excluding hydrogens is 280 g/mol. The van der Waals surface area contributed by atoms with Crippen molar-refractivity contribution in [2.24, 2.45) is 4.99 Å². The summed E-state index contributed by atoms with van der Waals surface area (Å²) < 4.78 is 10.5. The number of likely N-dealkylation sites (N-methyl/N-ethyl adjacent to an activating group) is 1. The molecule has 0 aliphatic carbocycles. The third-order valence-corrected chi connectivity index (χ3v) is 3.68. The normalized spacial score (nSPS) is 14.1. The monoisotopic (exact) mass is 306 g/mol. The molecule has 0 unspecified atom stereocenters. The van der Waals surface area contributed by atoms with Crippen LogP contribution in [-0.4, -0.2) is 71.5 Å². The molecule has 0 saturated heterocycles. The molecule has 1 aliphatic rings. The number of aliphatic imine (C=N–C) groups is 1. The molecule has 0 atom stereocenters. The molecule has 122 valence electrons. The lowest BCUT2D eigenvalue weighted by molar-refractivity contribution is 0.190. The second-order valence-electron chi connectivity index (χ2n) is 5.24. The Morgan fingerprint density at radius 1 is 1.18 bits per heavy atom. The van der Waals surface area contributed by atoms with Gasteiger partial charge in [0, 0.05) is 40.9 Å². The van der Waals surface area contributed by atoms with Crippen LogP contribution in [0, 0.1) is 0 Å². The summed E-state index contributed by atoms with van der Waals surface area (Å²) in [7, 11) is 5.50. The SMILES string of the molecule is COCCN(CCOC)c1ccccc1NC1=NCCN1C. The molecule has 6 heteroatoms. The van der Waals surface area contributed by atoms with Gasteiger partial charge in [-0.05, 0) is 12.1 Å². The van der Waals surface area contributed by atoms with Gasteiger partial charge in [-0.15, -0.1) is 0 Å². The lowest BCUT2D eigenvalue weighted by Gasteiger charge is -2.27. The molecule has 6 nitrogen and oxygen atoms in total. The maximum atomic E-state index is 5.23. The van der Waals surface area contributed by atoms with Crippen LogP contribution in [0.2, 0.25) is 0 Å². The number of guanidine groups is 1. The molecule has 0 aromatic heterocycles. The van der Waals surface area contributed by atoms with E-state index in [1.807, 2.05) is 12.1 Å². The molecule has 1 heterocycles. The van der Waals surface area contributed by atoms with Crippen LogP contribution in [0.1, 0.15) is 0 Å². The van der Waals surface area contributed by atoms with Crippen LogP contribution in [0.4, 0.5) is 11.4 Å². The van der Waals surface area contributed by atoms with Gasteiger partial charge in [0.25, 0.3) is 0 Å². The molecular formula is C16H26N4O2. The third kappa shape index (κ3) is 4.35. The van der Waals surface area contributed by atoms with Crippen molar-refractivity contribution < 1.29 is 9.47 Å². The fourth-order valence-corrected chi connectivity index (χ4v) is 2.40. The average Bonchev–Trinajstić information content (AvgIpc) is 2.94.